The van der Waals surface area contributed by atoms with Gasteiger partial charge in [0.05, 0.1) is 6.04 Å². The summed E-state index contributed by atoms with van der Waals surface area (Å²) in [5.41, 5.74) is 2.37. The summed E-state index contributed by atoms with van der Waals surface area (Å²) in [5, 5.41) is 11.2. The molecule has 0 aliphatic heterocycles. The largest absolute Gasteiger partial charge is 0.350 e. The van der Waals surface area contributed by atoms with Gasteiger partial charge < -0.3 is 21.3 Å². The maximum Gasteiger partial charge on any atom is 0.319 e. The van der Waals surface area contributed by atoms with Gasteiger partial charge in [0, 0.05) is 34.7 Å². The predicted molar refractivity (Wildman–Crippen MR) is 120 cm³/mol. The van der Waals surface area contributed by atoms with E-state index in [2.05, 4.69) is 37.2 Å². The molecular weight excluding hydrogens is 448 g/mol. The molecule has 4 amide bonds. The number of hydrogen-bond donors (Lipinski definition) is 4. The lowest BCUT2D eigenvalue weighted by Gasteiger charge is -2.15. The maximum atomic E-state index is 12.2. The number of benzene rings is 2. The highest BCUT2D eigenvalue weighted by Crippen LogP contribution is 2.30. The molecule has 1 aliphatic carbocycles. The second kappa shape index (κ2) is 10.2. The normalized spacial score (nSPS) is 13.8. The molecule has 0 saturated heterocycles. The smallest absolute Gasteiger partial charge is 0.319 e. The third-order valence-corrected chi connectivity index (χ3v) is 5.27. The molecule has 0 spiro atoms. The average molecular weight is 473 g/mol. The van der Waals surface area contributed by atoms with Crippen LogP contribution in [-0.4, -0.2) is 24.4 Å². The predicted octanol–water partition coefficient (Wildman–Crippen LogP) is 4.19. The van der Waals surface area contributed by atoms with Gasteiger partial charge in [0.1, 0.15) is 0 Å². The average Bonchev–Trinajstić information content (AvgIpc) is 3.55. The standard InChI is InChI=1S/C22H25BrN4O3/c1-14(15-4-8-18(9-5-15)26-21(29)16-2-3-16)25-20(28)12-13-24-22(30)27-19-10-6-17(23)7-11-19/h4-11,14,16H,2-3,12-13H2,1H3,(H,25,28)(H,26,29)(H2,24,27,30). The Kier molecular flexibility index (Phi) is 7.46. The minimum atomic E-state index is -0.359. The van der Waals surface area contributed by atoms with E-state index in [1.165, 1.54) is 0 Å². The molecule has 1 aliphatic rings. The van der Waals surface area contributed by atoms with Gasteiger partial charge in [-0.25, -0.2) is 4.79 Å². The number of urea groups is 1. The van der Waals surface area contributed by atoms with Crippen molar-refractivity contribution in [2.75, 3.05) is 17.2 Å². The molecule has 1 unspecified atom stereocenters. The summed E-state index contributed by atoms with van der Waals surface area (Å²) in [6, 6.07) is 14.1. The van der Waals surface area contributed by atoms with Crippen molar-refractivity contribution in [1.29, 1.82) is 0 Å². The van der Waals surface area contributed by atoms with Crippen molar-refractivity contribution in [2.24, 2.45) is 5.92 Å². The van der Waals surface area contributed by atoms with Crippen LogP contribution in [0.25, 0.3) is 0 Å². The molecule has 30 heavy (non-hydrogen) atoms. The van der Waals surface area contributed by atoms with E-state index in [0.717, 1.165) is 28.6 Å². The number of halogens is 1. The third-order valence-electron chi connectivity index (χ3n) is 4.74. The van der Waals surface area contributed by atoms with Crippen molar-refractivity contribution < 1.29 is 14.4 Å². The Labute approximate surface area is 184 Å². The Morgan fingerprint density at radius 3 is 2.20 bits per heavy atom. The first-order valence-corrected chi connectivity index (χ1v) is 10.7. The van der Waals surface area contributed by atoms with Gasteiger partial charge in [0.15, 0.2) is 0 Å². The van der Waals surface area contributed by atoms with E-state index in [1.54, 1.807) is 12.1 Å². The van der Waals surface area contributed by atoms with Gasteiger partial charge in [-0.15, -0.1) is 0 Å². The Bertz CT molecular complexity index is 896. The first kappa shape index (κ1) is 21.8. The molecule has 8 heteroatoms. The number of hydrogen-bond acceptors (Lipinski definition) is 3. The molecule has 158 valence electrons. The Morgan fingerprint density at radius 1 is 0.967 bits per heavy atom. The van der Waals surface area contributed by atoms with Gasteiger partial charge in [0.2, 0.25) is 11.8 Å². The van der Waals surface area contributed by atoms with Gasteiger partial charge >= 0.3 is 6.03 Å². The van der Waals surface area contributed by atoms with Crippen LogP contribution in [0.2, 0.25) is 0 Å². The van der Waals surface area contributed by atoms with Crippen LogP contribution in [0, 0.1) is 5.92 Å². The molecule has 4 N–H and O–H groups in total. The molecule has 0 heterocycles. The lowest BCUT2D eigenvalue weighted by Crippen LogP contribution is -2.34. The van der Waals surface area contributed by atoms with Crippen molar-refractivity contribution in [3.8, 4) is 0 Å². The Hall–Kier alpha value is -2.87. The number of nitrogens with one attached hydrogen (secondary N) is 4. The van der Waals surface area contributed by atoms with Gasteiger partial charge in [0.25, 0.3) is 0 Å². The SMILES string of the molecule is CC(NC(=O)CCNC(=O)Nc1ccc(Br)cc1)c1ccc(NC(=O)C2CC2)cc1. The minimum absolute atomic E-state index is 0.0702. The lowest BCUT2D eigenvalue weighted by atomic mass is 10.1. The van der Waals surface area contributed by atoms with Crippen molar-refractivity contribution in [3.63, 3.8) is 0 Å². The summed E-state index contributed by atoms with van der Waals surface area (Å²) in [6.07, 6.45) is 2.11. The second-order valence-corrected chi connectivity index (χ2v) is 8.23. The van der Waals surface area contributed by atoms with Crippen LogP contribution in [0.15, 0.2) is 53.0 Å². The molecule has 0 bridgehead atoms. The molecule has 3 rings (SSSR count). The van der Waals surface area contributed by atoms with Crippen molar-refractivity contribution in [1.82, 2.24) is 10.6 Å². The zero-order valence-electron chi connectivity index (χ0n) is 16.7. The molecular formula is C22H25BrN4O3. The zero-order chi connectivity index (χ0) is 21.5. The van der Waals surface area contributed by atoms with Crippen LogP contribution in [-0.2, 0) is 9.59 Å². The van der Waals surface area contributed by atoms with E-state index in [1.807, 2.05) is 43.3 Å². The number of rotatable bonds is 8. The molecule has 1 fully saturated rings. The minimum Gasteiger partial charge on any atom is -0.350 e. The van der Waals surface area contributed by atoms with E-state index in [9.17, 15) is 14.4 Å². The number of carbonyl (C=O) groups is 3. The van der Waals surface area contributed by atoms with E-state index < -0.39 is 0 Å². The third kappa shape index (κ3) is 6.88. The summed E-state index contributed by atoms with van der Waals surface area (Å²) in [5.74, 6) is 0.0757. The zero-order valence-corrected chi connectivity index (χ0v) is 18.3. The van der Waals surface area contributed by atoms with Crippen LogP contribution in [0.5, 0.6) is 0 Å². The molecule has 1 atom stereocenters. The quantitative estimate of drug-likeness (QED) is 0.463. The van der Waals surface area contributed by atoms with Crippen LogP contribution < -0.4 is 21.3 Å². The van der Waals surface area contributed by atoms with Crippen LogP contribution in [0.4, 0.5) is 16.2 Å². The van der Waals surface area contributed by atoms with Gasteiger partial charge in [-0.1, -0.05) is 28.1 Å². The first-order chi connectivity index (χ1) is 14.4. The number of amides is 4. The van der Waals surface area contributed by atoms with Gasteiger partial charge in [-0.2, -0.15) is 0 Å². The molecule has 2 aromatic rings. The highest BCUT2D eigenvalue weighted by Gasteiger charge is 2.29. The summed E-state index contributed by atoms with van der Waals surface area (Å²) in [4.78, 5) is 35.8. The van der Waals surface area contributed by atoms with Gasteiger partial charge in [-0.3, -0.25) is 9.59 Å². The molecule has 0 radical (unpaired) electrons. The van der Waals surface area contributed by atoms with Gasteiger partial charge in [-0.05, 0) is 61.7 Å². The lowest BCUT2D eigenvalue weighted by molar-refractivity contribution is -0.121. The summed E-state index contributed by atoms with van der Waals surface area (Å²) < 4.78 is 0.928. The van der Waals surface area contributed by atoms with E-state index in [4.69, 9.17) is 0 Å². The summed E-state index contributed by atoms with van der Waals surface area (Å²) >= 11 is 3.34. The molecule has 7 nitrogen and oxygen atoms in total. The van der Waals surface area contributed by atoms with Crippen LogP contribution >= 0.6 is 15.9 Å². The van der Waals surface area contributed by atoms with Crippen LogP contribution in [0.1, 0.15) is 37.8 Å². The highest BCUT2D eigenvalue weighted by atomic mass is 79.9. The molecule has 1 saturated carbocycles. The second-order valence-electron chi connectivity index (χ2n) is 7.31. The molecule has 2 aromatic carbocycles. The fourth-order valence-electron chi connectivity index (χ4n) is 2.84. The van der Waals surface area contributed by atoms with E-state index in [0.29, 0.717) is 5.69 Å². The van der Waals surface area contributed by atoms with Crippen LogP contribution in [0.3, 0.4) is 0 Å². The summed E-state index contributed by atoms with van der Waals surface area (Å²) in [7, 11) is 0. The molecule has 0 aromatic heterocycles. The van der Waals surface area contributed by atoms with Crippen molar-refractivity contribution in [3.05, 3.63) is 58.6 Å². The Balaban J connectivity index is 1.37. The van der Waals surface area contributed by atoms with E-state index in [-0.39, 0.29) is 42.8 Å². The van der Waals surface area contributed by atoms with E-state index >= 15 is 0 Å². The Morgan fingerprint density at radius 2 is 1.57 bits per heavy atom. The fourth-order valence-corrected chi connectivity index (χ4v) is 3.10. The fraction of sp³-hybridized carbons (Fsp3) is 0.318. The maximum absolute atomic E-state index is 12.2. The highest BCUT2D eigenvalue weighted by molar-refractivity contribution is 9.10. The topological polar surface area (TPSA) is 99.3 Å². The number of carbonyl (C=O) groups excluding carboxylic acids is 3. The summed E-state index contributed by atoms with van der Waals surface area (Å²) in [6.45, 7) is 2.12. The van der Waals surface area contributed by atoms with Crippen molar-refractivity contribution >= 4 is 45.2 Å². The number of anilines is 2. The monoisotopic (exact) mass is 472 g/mol. The van der Waals surface area contributed by atoms with Crippen molar-refractivity contribution in [2.45, 2.75) is 32.2 Å². The first-order valence-electron chi connectivity index (χ1n) is 9.91.